The Morgan fingerprint density at radius 2 is 1.88 bits per heavy atom. The second-order valence-electron chi connectivity index (χ2n) is 10.8. The van der Waals surface area contributed by atoms with Crippen molar-refractivity contribution >= 4 is 26.5 Å². The maximum atomic E-state index is 13.3. The lowest BCUT2D eigenvalue weighted by molar-refractivity contribution is -0.493. The highest BCUT2D eigenvalue weighted by molar-refractivity contribution is 7.96. The Hall–Kier alpha value is -3.09. The van der Waals surface area contributed by atoms with E-state index in [1.54, 1.807) is 14.0 Å². The molecule has 2 aromatic carbocycles. The van der Waals surface area contributed by atoms with Crippen LogP contribution in [-0.4, -0.2) is 43.7 Å². The average Bonchev–Trinajstić information content (AvgIpc) is 3.61. The quantitative estimate of drug-likeness (QED) is 0.265. The predicted molar refractivity (Wildman–Crippen MR) is 153 cm³/mol. The van der Waals surface area contributed by atoms with Crippen molar-refractivity contribution in [2.45, 2.75) is 70.4 Å². The van der Waals surface area contributed by atoms with Gasteiger partial charge < -0.3 is 0 Å². The van der Waals surface area contributed by atoms with E-state index in [4.69, 9.17) is 4.98 Å². The van der Waals surface area contributed by atoms with Crippen LogP contribution in [0.15, 0.2) is 64.8 Å². The summed E-state index contributed by atoms with van der Waals surface area (Å²) in [5, 5.41) is 4.46. The number of anilines is 1. The first-order chi connectivity index (χ1) is 19.3. The molecule has 3 aromatic rings. The SMILES string of the molecule is CC1N=[N+](C)C=C1S(=O)(=O)Nc1nc(-c2ccccc2C(C)C)c(-c2cccc([C@H]3CC[C@H](OC(F)(F)F)C3)c2)s1. The van der Waals surface area contributed by atoms with Crippen molar-refractivity contribution in [2.75, 3.05) is 11.8 Å². The number of thiazole rings is 1. The molecular weight excluding hydrogens is 573 g/mol. The van der Waals surface area contributed by atoms with Crippen LogP contribution in [0.1, 0.15) is 63.0 Å². The van der Waals surface area contributed by atoms with Crippen molar-refractivity contribution in [1.29, 1.82) is 0 Å². The lowest BCUT2D eigenvalue weighted by Gasteiger charge is -2.15. The average molecular weight is 606 g/mol. The molecule has 3 atom stereocenters. The van der Waals surface area contributed by atoms with Crippen molar-refractivity contribution in [2.24, 2.45) is 5.11 Å². The van der Waals surface area contributed by atoms with Crippen LogP contribution >= 0.6 is 11.3 Å². The minimum atomic E-state index is -4.65. The first-order valence-electron chi connectivity index (χ1n) is 13.4. The molecule has 1 saturated carbocycles. The summed E-state index contributed by atoms with van der Waals surface area (Å²) in [5.41, 5.74) is 4.35. The number of nitrogens with one attached hydrogen (secondary N) is 1. The van der Waals surface area contributed by atoms with Gasteiger partial charge in [-0.15, -0.1) is 13.2 Å². The van der Waals surface area contributed by atoms with Gasteiger partial charge in [0.1, 0.15) is 0 Å². The molecule has 0 amide bonds. The van der Waals surface area contributed by atoms with E-state index in [1.165, 1.54) is 22.2 Å². The van der Waals surface area contributed by atoms with E-state index in [1.807, 2.05) is 48.5 Å². The Bertz CT molecular complexity index is 1610. The van der Waals surface area contributed by atoms with E-state index in [2.05, 4.69) is 28.4 Å². The minimum Gasteiger partial charge on any atom is -0.289 e. The molecule has 41 heavy (non-hydrogen) atoms. The zero-order valence-electron chi connectivity index (χ0n) is 23.1. The minimum absolute atomic E-state index is 0.0730. The number of halogens is 3. The monoisotopic (exact) mass is 605 g/mol. The first kappa shape index (κ1) is 29.4. The number of hydrogen-bond acceptors (Lipinski definition) is 6. The number of ether oxygens (including phenoxy) is 1. The third-order valence-electron chi connectivity index (χ3n) is 7.38. The number of hydrogen-bond donors (Lipinski definition) is 1. The fourth-order valence-corrected chi connectivity index (χ4v) is 8.06. The maximum Gasteiger partial charge on any atom is 0.522 e. The van der Waals surface area contributed by atoms with Gasteiger partial charge in [0.2, 0.25) is 6.20 Å². The Balaban J connectivity index is 1.53. The molecule has 0 radical (unpaired) electrons. The van der Waals surface area contributed by atoms with E-state index in [0.717, 1.165) is 27.1 Å². The van der Waals surface area contributed by atoms with Crippen LogP contribution < -0.4 is 4.72 Å². The summed E-state index contributed by atoms with van der Waals surface area (Å²) in [6.07, 6.45) is -2.82. The Labute approximate surface area is 241 Å². The highest BCUT2D eigenvalue weighted by atomic mass is 32.2. The number of rotatable bonds is 8. The van der Waals surface area contributed by atoms with Gasteiger partial charge >= 0.3 is 6.36 Å². The van der Waals surface area contributed by atoms with Crippen LogP contribution in [0.4, 0.5) is 18.3 Å². The standard InChI is InChI=1S/C29H32F3N4O3S2/c1-17(2)23-10-5-6-11-24(23)26-27(40-28(33-26)35-41(37,38)25-16-36(4)34-18(25)3)21-9-7-8-19(14-21)20-12-13-22(15-20)39-29(30,31)32/h5-11,14,16-18,20,22H,12-13,15H2,1-4H3,(H,33,35)/q+1/t18?,20-,22-/m0/s1. The Kier molecular flexibility index (Phi) is 8.10. The molecule has 218 valence electrons. The molecule has 1 aliphatic heterocycles. The lowest BCUT2D eigenvalue weighted by Crippen LogP contribution is -2.21. The van der Waals surface area contributed by atoms with Gasteiger partial charge in [-0.3, -0.25) is 9.46 Å². The second-order valence-corrected chi connectivity index (χ2v) is 13.4. The van der Waals surface area contributed by atoms with Crippen LogP contribution in [0.25, 0.3) is 21.7 Å². The van der Waals surface area contributed by atoms with Crippen molar-refractivity contribution in [3.63, 3.8) is 0 Å². The fourth-order valence-electron chi connectivity index (χ4n) is 5.55. The van der Waals surface area contributed by atoms with Crippen LogP contribution in [0.3, 0.4) is 0 Å². The molecule has 1 N–H and O–H groups in total. The molecule has 1 fully saturated rings. The molecule has 7 nitrogen and oxygen atoms in total. The van der Waals surface area contributed by atoms with E-state index >= 15 is 0 Å². The van der Waals surface area contributed by atoms with Crippen molar-refractivity contribution < 1.29 is 31.0 Å². The molecule has 12 heteroatoms. The van der Waals surface area contributed by atoms with Gasteiger partial charge in [0.05, 0.1) is 16.7 Å². The summed E-state index contributed by atoms with van der Waals surface area (Å²) in [7, 11) is -2.24. The number of nitrogens with zero attached hydrogens (tertiary/aromatic N) is 3. The Morgan fingerprint density at radius 3 is 2.56 bits per heavy atom. The molecule has 0 saturated heterocycles. The summed E-state index contributed by atoms with van der Waals surface area (Å²) >= 11 is 1.23. The summed E-state index contributed by atoms with van der Waals surface area (Å²) in [5.74, 6) is 0.119. The highest BCUT2D eigenvalue weighted by Gasteiger charge is 2.38. The van der Waals surface area contributed by atoms with Gasteiger partial charge in [0.15, 0.2) is 23.1 Å². The van der Waals surface area contributed by atoms with E-state index in [0.29, 0.717) is 18.5 Å². The highest BCUT2D eigenvalue weighted by Crippen LogP contribution is 2.44. The third kappa shape index (κ3) is 6.54. The van der Waals surface area contributed by atoms with E-state index in [9.17, 15) is 21.6 Å². The second kappa shape index (κ2) is 11.3. The summed E-state index contributed by atoms with van der Waals surface area (Å²) < 4.78 is 73.4. The molecule has 5 rings (SSSR count). The molecule has 2 aliphatic rings. The van der Waals surface area contributed by atoms with Crippen LogP contribution in [0.2, 0.25) is 0 Å². The van der Waals surface area contributed by atoms with Crippen molar-refractivity contribution in [3.8, 4) is 21.7 Å². The fraction of sp³-hybridized carbons (Fsp3) is 0.414. The zero-order valence-corrected chi connectivity index (χ0v) is 24.8. The third-order valence-corrected chi connectivity index (χ3v) is 10.1. The van der Waals surface area contributed by atoms with Gasteiger partial charge in [0.25, 0.3) is 10.0 Å². The summed E-state index contributed by atoms with van der Waals surface area (Å²) in [4.78, 5) is 5.72. The zero-order chi connectivity index (χ0) is 29.5. The van der Waals surface area contributed by atoms with Crippen LogP contribution in [0, 0.1) is 0 Å². The van der Waals surface area contributed by atoms with Crippen LogP contribution in [-0.2, 0) is 14.8 Å². The lowest BCUT2D eigenvalue weighted by atomic mass is 9.92. The molecular formula is C29H32F3N4O3S2+. The Morgan fingerprint density at radius 1 is 1.12 bits per heavy atom. The molecule has 0 bridgehead atoms. The summed E-state index contributed by atoms with van der Waals surface area (Å²) in [6.45, 7) is 5.89. The largest absolute Gasteiger partial charge is 0.522 e. The van der Waals surface area contributed by atoms with Crippen molar-refractivity contribution in [3.05, 3.63) is 70.8 Å². The molecule has 1 unspecified atom stereocenters. The molecule has 1 aliphatic carbocycles. The van der Waals surface area contributed by atoms with Gasteiger partial charge in [-0.05, 0) is 65.9 Å². The molecule has 2 heterocycles. The topological polar surface area (TPSA) is 83.7 Å². The molecule has 0 spiro atoms. The van der Waals surface area contributed by atoms with Gasteiger partial charge in [-0.25, -0.2) is 13.4 Å². The molecule has 1 aromatic heterocycles. The summed E-state index contributed by atoms with van der Waals surface area (Å²) in [6, 6.07) is 15.1. The van der Waals surface area contributed by atoms with Gasteiger partial charge in [-0.2, -0.15) is 0 Å². The van der Waals surface area contributed by atoms with E-state index in [-0.39, 0.29) is 28.3 Å². The van der Waals surface area contributed by atoms with Crippen molar-refractivity contribution in [1.82, 2.24) is 4.98 Å². The first-order valence-corrected chi connectivity index (χ1v) is 15.7. The van der Waals surface area contributed by atoms with Gasteiger partial charge in [0, 0.05) is 5.56 Å². The predicted octanol–water partition coefficient (Wildman–Crippen LogP) is 7.85. The smallest absolute Gasteiger partial charge is 0.289 e. The van der Waals surface area contributed by atoms with Crippen LogP contribution in [0.5, 0.6) is 0 Å². The number of aromatic nitrogens is 1. The number of azo groups is 2. The number of benzene rings is 2. The van der Waals surface area contributed by atoms with Gasteiger partial charge in [-0.1, -0.05) is 72.3 Å². The number of alkyl halides is 3. The van der Waals surface area contributed by atoms with E-state index < -0.39 is 28.5 Å². The normalized spacial score (nSPS) is 21.3. The maximum absolute atomic E-state index is 13.3. The number of sulfonamides is 1.